The Morgan fingerprint density at radius 1 is 1.25 bits per heavy atom. The molecule has 0 unspecified atom stereocenters. The standard InChI is InChI=1S/C22H22BrFN2O2/c1-14-18(19-12-17(24)5-6-20(19)25-14)13-21(27)26-22(7-9-28-10-8-22)15-3-2-4-16(23)11-15/h2-6,11-12,25H,7-10,13H2,1H3,(H,26,27). The van der Waals surface area contributed by atoms with E-state index in [0.717, 1.165) is 45.0 Å². The first-order valence-electron chi connectivity index (χ1n) is 9.38. The number of fused-ring (bicyclic) bond motifs is 1. The van der Waals surface area contributed by atoms with Crippen LogP contribution in [0.2, 0.25) is 0 Å². The number of hydrogen-bond donors (Lipinski definition) is 2. The highest BCUT2D eigenvalue weighted by Gasteiger charge is 2.36. The molecule has 0 atom stereocenters. The van der Waals surface area contributed by atoms with Gasteiger partial charge in [0.1, 0.15) is 5.82 Å². The van der Waals surface area contributed by atoms with Gasteiger partial charge in [-0.15, -0.1) is 0 Å². The fraction of sp³-hybridized carbons (Fsp3) is 0.318. The summed E-state index contributed by atoms with van der Waals surface area (Å²) in [6.07, 6.45) is 1.64. The lowest BCUT2D eigenvalue weighted by molar-refractivity contribution is -0.123. The summed E-state index contributed by atoms with van der Waals surface area (Å²) in [5.41, 5.74) is 3.18. The predicted molar refractivity (Wildman–Crippen MR) is 111 cm³/mol. The van der Waals surface area contributed by atoms with E-state index in [1.54, 1.807) is 6.07 Å². The van der Waals surface area contributed by atoms with Gasteiger partial charge in [0.2, 0.25) is 5.91 Å². The van der Waals surface area contributed by atoms with E-state index in [2.05, 4.69) is 32.3 Å². The molecule has 0 spiro atoms. The molecule has 1 fully saturated rings. The zero-order chi connectivity index (χ0) is 19.7. The normalized spacial score (nSPS) is 16.2. The number of carbonyl (C=O) groups excluding carboxylic acids is 1. The van der Waals surface area contributed by atoms with Crippen LogP contribution in [0.15, 0.2) is 46.9 Å². The van der Waals surface area contributed by atoms with Crippen molar-refractivity contribution in [3.05, 3.63) is 69.6 Å². The van der Waals surface area contributed by atoms with Crippen molar-refractivity contribution in [1.29, 1.82) is 0 Å². The first kappa shape index (κ1) is 19.2. The van der Waals surface area contributed by atoms with Gasteiger partial charge in [0.25, 0.3) is 0 Å². The molecule has 6 heteroatoms. The van der Waals surface area contributed by atoms with E-state index >= 15 is 0 Å². The largest absolute Gasteiger partial charge is 0.381 e. The van der Waals surface area contributed by atoms with Crippen molar-refractivity contribution >= 4 is 32.7 Å². The maximum Gasteiger partial charge on any atom is 0.225 e. The van der Waals surface area contributed by atoms with Gasteiger partial charge < -0.3 is 15.0 Å². The van der Waals surface area contributed by atoms with Gasteiger partial charge in [-0.2, -0.15) is 0 Å². The molecule has 2 N–H and O–H groups in total. The minimum absolute atomic E-state index is 0.0739. The molecule has 0 bridgehead atoms. The molecular formula is C22H22BrFN2O2. The van der Waals surface area contributed by atoms with E-state index in [4.69, 9.17) is 4.74 Å². The highest BCUT2D eigenvalue weighted by atomic mass is 79.9. The maximum atomic E-state index is 13.7. The average Bonchev–Trinajstić information content (AvgIpc) is 2.97. The lowest BCUT2D eigenvalue weighted by Crippen LogP contribution is -2.50. The number of aromatic nitrogens is 1. The van der Waals surface area contributed by atoms with Gasteiger partial charge >= 0.3 is 0 Å². The Balaban J connectivity index is 1.62. The third-order valence-electron chi connectivity index (χ3n) is 5.52. The highest BCUT2D eigenvalue weighted by molar-refractivity contribution is 9.10. The van der Waals surface area contributed by atoms with Crippen molar-refractivity contribution in [2.24, 2.45) is 0 Å². The summed E-state index contributed by atoms with van der Waals surface area (Å²) in [4.78, 5) is 16.3. The second kappa shape index (κ2) is 7.68. The second-order valence-electron chi connectivity index (χ2n) is 7.35. The van der Waals surface area contributed by atoms with Crippen LogP contribution in [0.1, 0.15) is 29.7 Å². The average molecular weight is 445 g/mol. The summed E-state index contributed by atoms with van der Waals surface area (Å²) in [5, 5.41) is 4.03. The van der Waals surface area contributed by atoms with E-state index in [1.807, 2.05) is 25.1 Å². The third kappa shape index (κ3) is 3.71. The summed E-state index contributed by atoms with van der Waals surface area (Å²) in [5.74, 6) is -0.377. The molecule has 1 saturated heterocycles. The molecule has 28 heavy (non-hydrogen) atoms. The van der Waals surface area contributed by atoms with Crippen LogP contribution in [0, 0.1) is 12.7 Å². The number of rotatable bonds is 4. The van der Waals surface area contributed by atoms with E-state index in [0.29, 0.717) is 13.2 Å². The van der Waals surface area contributed by atoms with Crippen molar-refractivity contribution in [3.8, 4) is 0 Å². The summed E-state index contributed by atoms with van der Waals surface area (Å²) >= 11 is 3.53. The Labute approximate surface area is 171 Å². The van der Waals surface area contributed by atoms with E-state index < -0.39 is 5.54 Å². The van der Waals surface area contributed by atoms with Crippen molar-refractivity contribution in [3.63, 3.8) is 0 Å². The molecule has 1 amide bonds. The number of nitrogens with one attached hydrogen (secondary N) is 2. The Kier molecular flexibility index (Phi) is 5.25. The lowest BCUT2D eigenvalue weighted by Gasteiger charge is -2.38. The highest BCUT2D eigenvalue weighted by Crippen LogP contribution is 2.34. The van der Waals surface area contributed by atoms with Crippen LogP contribution in [0.25, 0.3) is 10.9 Å². The SMILES string of the molecule is Cc1[nH]c2ccc(F)cc2c1CC(=O)NC1(c2cccc(Br)c2)CCOCC1. The monoisotopic (exact) mass is 444 g/mol. The summed E-state index contributed by atoms with van der Waals surface area (Å²) in [6, 6.07) is 12.7. The van der Waals surface area contributed by atoms with Gasteiger partial charge in [-0.05, 0) is 61.2 Å². The number of H-pyrrole nitrogens is 1. The molecule has 0 radical (unpaired) electrons. The zero-order valence-corrected chi connectivity index (χ0v) is 17.2. The van der Waals surface area contributed by atoms with Crippen LogP contribution >= 0.6 is 15.9 Å². The van der Waals surface area contributed by atoms with Crippen LogP contribution in [0.3, 0.4) is 0 Å². The lowest BCUT2D eigenvalue weighted by atomic mass is 9.82. The Hall–Kier alpha value is -2.18. The number of aryl methyl sites for hydroxylation is 1. The number of hydrogen-bond acceptors (Lipinski definition) is 2. The molecule has 1 aliphatic heterocycles. The van der Waals surface area contributed by atoms with Gasteiger partial charge in [0.15, 0.2) is 0 Å². The van der Waals surface area contributed by atoms with Gasteiger partial charge in [0, 0.05) is 34.3 Å². The fourth-order valence-electron chi connectivity index (χ4n) is 4.05. The molecule has 1 aromatic heterocycles. The molecule has 146 valence electrons. The van der Waals surface area contributed by atoms with Crippen LogP contribution in [-0.2, 0) is 21.5 Å². The summed E-state index contributed by atoms with van der Waals surface area (Å²) in [7, 11) is 0. The van der Waals surface area contributed by atoms with Crippen molar-refractivity contribution < 1.29 is 13.9 Å². The van der Waals surface area contributed by atoms with E-state index in [-0.39, 0.29) is 18.1 Å². The summed E-state index contributed by atoms with van der Waals surface area (Å²) in [6.45, 7) is 3.12. The molecular weight excluding hydrogens is 423 g/mol. The van der Waals surface area contributed by atoms with Crippen LogP contribution in [0.4, 0.5) is 4.39 Å². The van der Waals surface area contributed by atoms with Crippen molar-refractivity contribution in [2.75, 3.05) is 13.2 Å². The molecule has 2 aromatic carbocycles. The molecule has 3 aromatic rings. The first-order chi connectivity index (χ1) is 13.5. The quantitative estimate of drug-likeness (QED) is 0.610. The summed E-state index contributed by atoms with van der Waals surface area (Å²) < 4.78 is 20.2. The number of aromatic amines is 1. The molecule has 1 aliphatic rings. The van der Waals surface area contributed by atoms with Crippen LogP contribution in [0.5, 0.6) is 0 Å². The number of amides is 1. The third-order valence-corrected chi connectivity index (χ3v) is 6.01. The molecule has 4 nitrogen and oxygen atoms in total. The Morgan fingerprint density at radius 2 is 2.04 bits per heavy atom. The molecule has 2 heterocycles. The van der Waals surface area contributed by atoms with Gasteiger partial charge in [0.05, 0.1) is 12.0 Å². The van der Waals surface area contributed by atoms with E-state index in [9.17, 15) is 9.18 Å². The zero-order valence-electron chi connectivity index (χ0n) is 15.6. The first-order valence-corrected chi connectivity index (χ1v) is 10.2. The Bertz CT molecular complexity index is 1020. The topological polar surface area (TPSA) is 54.1 Å². The van der Waals surface area contributed by atoms with Gasteiger partial charge in [-0.25, -0.2) is 4.39 Å². The maximum absolute atomic E-state index is 13.7. The van der Waals surface area contributed by atoms with Crippen molar-refractivity contribution in [1.82, 2.24) is 10.3 Å². The molecule has 0 aliphatic carbocycles. The smallest absolute Gasteiger partial charge is 0.225 e. The number of carbonyl (C=O) groups is 1. The van der Waals surface area contributed by atoms with Gasteiger partial charge in [-0.1, -0.05) is 28.1 Å². The van der Waals surface area contributed by atoms with Crippen LogP contribution in [-0.4, -0.2) is 24.1 Å². The minimum Gasteiger partial charge on any atom is -0.381 e. The predicted octanol–water partition coefficient (Wildman–Crippen LogP) is 4.74. The van der Waals surface area contributed by atoms with Crippen molar-refractivity contribution in [2.45, 2.75) is 31.7 Å². The second-order valence-corrected chi connectivity index (χ2v) is 8.26. The number of benzene rings is 2. The fourth-order valence-corrected chi connectivity index (χ4v) is 4.45. The Morgan fingerprint density at radius 3 is 2.79 bits per heavy atom. The minimum atomic E-state index is -0.454. The van der Waals surface area contributed by atoms with E-state index in [1.165, 1.54) is 12.1 Å². The number of halogens is 2. The molecule has 0 saturated carbocycles. The molecule has 4 rings (SSSR count). The van der Waals surface area contributed by atoms with Crippen LogP contribution < -0.4 is 5.32 Å². The van der Waals surface area contributed by atoms with Gasteiger partial charge in [-0.3, -0.25) is 4.79 Å². The number of ether oxygens (including phenoxy) is 1.